The van der Waals surface area contributed by atoms with Gasteiger partial charge in [0, 0.05) is 12.8 Å². The average Bonchev–Trinajstić information content (AvgIpc) is 3.11. The van der Waals surface area contributed by atoms with Crippen LogP contribution in [0.1, 0.15) is 206 Å². The Hall–Kier alpha value is -1.73. The van der Waals surface area contributed by atoms with Crippen LogP contribution in [0.25, 0.3) is 0 Å². The number of unbranched alkanes of at least 4 members (excludes halogenated alkanes) is 23. The normalized spacial score (nSPS) is 12.8. The van der Waals surface area contributed by atoms with Crippen molar-refractivity contribution < 1.29 is 37.9 Å². The van der Waals surface area contributed by atoms with Crippen molar-refractivity contribution in [2.24, 2.45) is 0 Å². The minimum atomic E-state index is -4.75. The standard InChI is InChI=1S/C43H79O8P/c1-3-5-7-9-11-13-15-17-18-19-20-21-22-23-24-26-28-30-32-34-36-38-43(45)51-41(40-50-52(46,47)48)39-49-42(44)37-35-33-31-29-27-25-16-14-12-10-8-6-4-2/h14-17,19-20,41H,3-13,18,21-40H2,1-2H3,(H2,46,47,48)/b16-14-,17-15-,20-19-. The Morgan fingerprint density at radius 3 is 1.31 bits per heavy atom. The largest absolute Gasteiger partial charge is 0.469 e. The minimum absolute atomic E-state index is 0.206. The van der Waals surface area contributed by atoms with Gasteiger partial charge in [-0.1, -0.05) is 159 Å². The molecule has 0 fully saturated rings. The number of rotatable bonds is 39. The monoisotopic (exact) mass is 755 g/mol. The van der Waals surface area contributed by atoms with E-state index in [4.69, 9.17) is 19.3 Å². The molecule has 0 heterocycles. The lowest BCUT2D eigenvalue weighted by Crippen LogP contribution is -2.29. The first-order valence-corrected chi connectivity index (χ1v) is 22.8. The fourth-order valence-electron chi connectivity index (χ4n) is 5.93. The predicted octanol–water partition coefficient (Wildman–Crippen LogP) is 13.0. The first kappa shape index (κ1) is 50.3. The van der Waals surface area contributed by atoms with Crippen LogP contribution in [-0.2, 0) is 28.2 Å². The molecule has 0 saturated heterocycles. The summed E-state index contributed by atoms with van der Waals surface area (Å²) in [5.41, 5.74) is 0. The van der Waals surface area contributed by atoms with Crippen LogP contribution in [0, 0.1) is 0 Å². The average molecular weight is 755 g/mol. The molecule has 0 aliphatic rings. The van der Waals surface area contributed by atoms with Crippen LogP contribution in [0.15, 0.2) is 36.5 Å². The van der Waals surface area contributed by atoms with E-state index in [1.54, 1.807) is 0 Å². The predicted molar refractivity (Wildman–Crippen MR) is 216 cm³/mol. The van der Waals surface area contributed by atoms with Crippen molar-refractivity contribution in [3.05, 3.63) is 36.5 Å². The van der Waals surface area contributed by atoms with E-state index in [0.717, 1.165) is 64.2 Å². The van der Waals surface area contributed by atoms with Gasteiger partial charge in [-0.2, -0.15) is 0 Å². The molecule has 0 radical (unpaired) electrons. The number of ether oxygens (including phenoxy) is 2. The maximum Gasteiger partial charge on any atom is 0.469 e. The van der Waals surface area contributed by atoms with Gasteiger partial charge in [0.2, 0.25) is 0 Å². The number of allylic oxidation sites excluding steroid dienone is 6. The van der Waals surface area contributed by atoms with Gasteiger partial charge in [-0.15, -0.1) is 0 Å². The summed E-state index contributed by atoms with van der Waals surface area (Å²) in [5, 5.41) is 0. The summed E-state index contributed by atoms with van der Waals surface area (Å²) in [6.45, 7) is 3.65. The molecule has 0 spiro atoms. The molecule has 0 rings (SSSR count). The summed E-state index contributed by atoms with van der Waals surface area (Å²) in [5.74, 6) is -0.897. The van der Waals surface area contributed by atoms with Crippen LogP contribution in [0.5, 0.6) is 0 Å². The first-order valence-electron chi connectivity index (χ1n) is 21.3. The molecule has 0 aliphatic heterocycles. The second kappa shape index (κ2) is 39.0. The second-order valence-corrected chi connectivity index (χ2v) is 15.5. The van der Waals surface area contributed by atoms with Gasteiger partial charge >= 0.3 is 19.8 Å². The van der Waals surface area contributed by atoms with Crippen LogP contribution >= 0.6 is 7.82 Å². The van der Waals surface area contributed by atoms with E-state index in [-0.39, 0.29) is 19.4 Å². The smallest absolute Gasteiger partial charge is 0.462 e. The van der Waals surface area contributed by atoms with E-state index < -0.39 is 32.5 Å². The Bertz CT molecular complexity index is 941. The van der Waals surface area contributed by atoms with E-state index >= 15 is 0 Å². The van der Waals surface area contributed by atoms with Crippen molar-refractivity contribution in [1.82, 2.24) is 0 Å². The lowest BCUT2D eigenvalue weighted by Gasteiger charge is -2.18. The highest BCUT2D eigenvalue weighted by atomic mass is 31.2. The first-order chi connectivity index (χ1) is 25.3. The van der Waals surface area contributed by atoms with Gasteiger partial charge in [0.15, 0.2) is 6.10 Å². The molecular weight excluding hydrogens is 675 g/mol. The molecule has 2 N–H and O–H groups in total. The third-order valence-corrected chi connectivity index (χ3v) is 9.62. The second-order valence-electron chi connectivity index (χ2n) is 14.3. The van der Waals surface area contributed by atoms with Crippen LogP contribution in [0.3, 0.4) is 0 Å². The Labute approximate surface area is 319 Å². The van der Waals surface area contributed by atoms with Crippen molar-refractivity contribution in [3.8, 4) is 0 Å². The number of phosphoric ester groups is 1. The van der Waals surface area contributed by atoms with E-state index in [1.165, 1.54) is 103 Å². The lowest BCUT2D eigenvalue weighted by atomic mass is 10.1. The summed E-state index contributed by atoms with van der Waals surface area (Å²) in [7, 11) is -4.75. The Balaban J connectivity index is 3.90. The van der Waals surface area contributed by atoms with Crippen LogP contribution in [-0.4, -0.2) is 41.0 Å². The molecule has 0 aliphatic carbocycles. The summed E-state index contributed by atoms with van der Waals surface area (Å²) < 4.78 is 26.4. The minimum Gasteiger partial charge on any atom is -0.462 e. The molecule has 9 heteroatoms. The fraction of sp³-hybridized carbons (Fsp3) is 0.814. The Morgan fingerprint density at radius 2 is 0.865 bits per heavy atom. The zero-order valence-electron chi connectivity index (χ0n) is 33.5. The van der Waals surface area contributed by atoms with Crippen molar-refractivity contribution in [2.45, 2.75) is 213 Å². The fourth-order valence-corrected chi connectivity index (χ4v) is 6.29. The maximum absolute atomic E-state index is 12.4. The number of phosphoric acid groups is 1. The van der Waals surface area contributed by atoms with Crippen LogP contribution in [0.2, 0.25) is 0 Å². The molecule has 0 amide bonds. The van der Waals surface area contributed by atoms with Gasteiger partial charge in [-0.25, -0.2) is 4.57 Å². The zero-order chi connectivity index (χ0) is 38.2. The number of carbonyl (C=O) groups excluding carboxylic acids is 2. The SMILES string of the molecule is CCCCCC/C=C\CCCCCCCC(=O)OCC(COP(=O)(O)O)OC(=O)CCCCCCCCCCC/C=C\C/C=C\CCCCCCC. The Kier molecular flexibility index (Phi) is 37.7. The molecule has 1 atom stereocenters. The number of carbonyl (C=O) groups is 2. The molecule has 0 bridgehead atoms. The summed E-state index contributed by atoms with van der Waals surface area (Å²) >= 11 is 0. The van der Waals surface area contributed by atoms with Gasteiger partial charge in [-0.3, -0.25) is 14.1 Å². The van der Waals surface area contributed by atoms with E-state index in [1.807, 2.05) is 0 Å². The van der Waals surface area contributed by atoms with Crippen molar-refractivity contribution in [2.75, 3.05) is 13.2 Å². The maximum atomic E-state index is 12.4. The number of hydrogen-bond acceptors (Lipinski definition) is 6. The molecule has 8 nitrogen and oxygen atoms in total. The number of esters is 2. The van der Waals surface area contributed by atoms with Gasteiger partial charge in [0.1, 0.15) is 6.61 Å². The molecule has 0 aromatic carbocycles. The highest BCUT2D eigenvalue weighted by Crippen LogP contribution is 2.36. The summed E-state index contributed by atoms with van der Waals surface area (Å²) in [6, 6.07) is 0. The third-order valence-electron chi connectivity index (χ3n) is 9.13. The van der Waals surface area contributed by atoms with Crippen LogP contribution < -0.4 is 0 Å². The highest BCUT2D eigenvalue weighted by Gasteiger charge is 2.22. The molecule has 304 valence electrons. The summed E-state index contributed by atoms with van der Waals surface area (Å²) in [6.07, 6.45) is 45.8. The molecule has 52 heavy (non-hydrogen) atoms. The quantitative estimate of drug-likeness (QED) is 0.0275. The molecule has 0 aromatic rings. The van der Waals surface area contributed by atoms with E-state index in [9.17, 15) is 14.2 Å². The van der Waals surface area contributed by atoms with Crippen molar-refractivity contribution in [1.29, 1.82) is 0 Å². The highest BCUT2D eigenvalue weighted by molar-refractivity contribution is 7.46. The van der Waals surface area contributed by atoms with Gasteiger partial charge in [-0.05, 0) is 70.6 Å². The van der Waals surface area contributed by atoms with Gasteiger partial charge < -0.3 is 19.3 Å². The molecule has 1 unspecified atom stereocenters. The molecular formula is C43H79O8P. The zero-order valence-corrected chi connectivity index (χ0v) is 34.4. The van der Waals surface area contributed by atoms with Gasteiger partial charge in [0.25, 0.3) is 0 Å². The summed E-state index contributed by atoms with van der Waals surface area (Å²) in [4.78, 5) is 42.8. The number of hydrogen-bond donors (Lipinski definition) is 2. The van der Waals surface area contributed by atoms with E-state index in [2.05, 4.69) is 54.8 Å². The van der Waals surface area contributed by atoms with E-state index in [0.29, 0.717) is 12.8 Å². The van der Waals surface area contributed by atoms with Gasteiger partial charge in [0.05, 0.1) is 6.61 Å². The van der Waals surface area contributed by atoms with Crippen molar-refractivity contribution in [3.63, 3.8) is 0 Å². The lowest BCUT2D eigenvalue weighted by molar-refractivity contribution is -0.161. The molecule has 0 saturated carbocycles. The molecule has 0 aromatic heterocycles. The third kappa shape index (κ3) is 41.0. The van der Waals surface area contributed by atoms with Crippen LogP contribution in [0.4, 0.5) is 0 Å². The van der Waals surface area contributed by atoms with Crippen molar-refractivity contribution >= 4 is 19.8 Å². The topological polar surface area (TPSA) is 119 Å². The Morgan fingerprint density at radius 1 is 0.500 bits per heavy atom.